The fourth-order valence-corrected chi connectivity index (χ4v) is 13.4. The van der Waals surface area contributed by atoms with Crippen molar-refractivity contribution >= 4 is 40.8 Å². The molecule has 0 spiro atoms. The highest BCUT2D eigenvalue weighted by molar-refractivity contribution is 5.91. The number of hydrogen-bond donors (Lipinski definition) is 5. The Labute approximate surface area is 472 Å². The molecule has 7 N–H and O–H groups in total. The molecule has 6 aliphatic rings. The van der Waals surface area contributed by atoms with Crippen LogP contribution in [0.3, 0.4) is 0 Å². The third kappa shape index (κ3) is 11.6. The number of phenols is 1. The molecule has 2 aromatic carbocycles. The summed E-state index contributed by atoms with van der Waals surface area (Å²) in [5.74, 6) is 2.00. The minimum absolute atomic E-state index is 0.0687. The smallest absolute Gasteiger partial charge is 0.243 e. The number of pyridine rings is 1. The normalized spacial score (nSPS) is 24.4. The molecule has 9 heterocycles. The van der Waals surface area contributed by atoms with Crippen molar-refractivity contribution in [3.63, 3.8) is 0 Å². The second kappa shape index (κ2) is 23.2. The molecule has 1 aliphatic carbocycles. The number of amides is 2. The standard InChI is InChI=1S/C60H76N14O7/c1-36(2)56(59(78)73-35-44(75)27-51(73)58(77)65-37(3)39-8-10-40(11-9-39)72-25-20-64-60(72)62)53-31-54(68-81-53)70-23-15-38(16-24-70)32-69-21-17-45(18-22-69)79-46-28-47(29-46)80-55-26-41(14-19-63-55)74-42-12-13-43(74)34-71(33-42)50-30-49(66-67-57(50)61)48-6-4-5-7-52(48)76/h4-11,14,19-20,25-26,30-31,36-38,42-47,51,56,75-76H,12-13,15-18,21-24,27-29,32-35H2,1-3H3,(H2,61,67)(H2,62,64)(H,65,77)/t37-,42?,43?,44+,46-,47-,51-,56-/m0/s1. The highest BCUT2D eigenvalue weighted by Crippen LogP contribution is 2.41. The number of piperazine rings is 1. The Hall–Kier alpha value is -7.49. The number of likely N-dealkylation sites (tertiary alicyclic amines) is 2. The number of β-amino-alcohol motifs (C(OH)–C–C–N with tert-alkyl or cyclic N) is 1. The predicted octanol–water partition coefficient (Wildman–Crippen LogP) is 6.33. The van der Waals surface area contributed by atoms with Gasteiger partial charge in [0.15, 0.2) is 17.4 Å². The first-order chi connectivity index (χ1) is 39.3. The van der Waals surface area contributed by atoms with Crippen LogP contribution in [0.15, 0.2) is 95.9 Å². The van der Waals surface area contributed by atoms with Crippen molar-refractivity contribution in [3.8, 4) is 28.6 Å². The number of fused-ring (bicyclic) bond motifs is 2. The van der Waals surface area contributed by atoms with Crippen LogP contribution in [-0.4, -0.2) is 157 Å². The van der Waals surface area contributed by atoms with E-state index in [9.17, 15) is 19.8 Å². The SMILES string of the molecule is CC(C)[C@H](C(=O)N1C[C@H](O)C[C@H]1C(=O)N[C@@H](C)c1ccc(-n2ccnc2N)cc1)c1cc(N2CCC(CN3CCC(O[C@H]4C[C@H](Oc5cc(N6C7CCC6CN(c6cc(-c8ccccc8O)nnc6N)C7)ccn5)C4)CC3)CC2)no1. The minimum Gasteiger partial charge on any atom is -0.507 e. The molecule has 2 amide bonds. The summed E-state index contributed by atoms with van der Waals surface area (Å²) >= 11 is 0. The molecule has 21 heteroatoms. The molecule has 1 saturated carbocycles. The van der Waals surface area contributed by atoms with E-state index in [1.165, 1.54) is 4.90 Å². The number of anilines is 5. The first-order valence-corrected chi connectivity index (χ1v) is 29.1. The summed E-state index contributed by atoms with van der Waals surface area (Å²) < 4.78 is 20.8. The van der Waals surface area contributed by atoms with Crippen molar-refractivity contribution in [1.29, 1.82) is 0 Å². The number of aliphatic hydroxyl groups excluding tert-OH is 1. The number of nitrogens with zero attached hydrogens (tertiary/aromatic N) is 11. The second-order valence-electron chi connectivity index (χ2n) is 23.6. The fourth-order valence-electron chi connectivity index (χ4n) is 13.4. The van der Waals surface area contributed by atoms with Crippen LogP contribution >= 0.6 is 0 Å². The third-order valence-corrected chi connectivity index (χ3v) is 17.9. The number of carbonyl (C=O) groups excluding carboxylic acids is 2. The molecule has 6 fully saturated rings. The van der Waals surface area contributed by atoms with Gasteiger partial charge in [-0.1, -0.05) is 43.3 Å². The van der Waals surface area contributed by atoms with Crippen LogP contribution in [0, 0.1) is 11.8 Å². The van der Waals surface area contributed by atoms with Crippen molar-refractivity contribution in [3.05, 3.63) is 103 Å². The number of aromatic nitrogens is 6. The van der Waals surface area contributed by atoms with E-state index in [4.69, 9.17) is 25.5 Å². The third-order valence-electron chi connectivity index (χ3n) is 17.9. The van der Waals surface area contributed by atoms with Crippen LogP contribution in [0.25, 0.3) is 16.9 Å². The Morgan fingerprint density at radius 3 is 2.26 bits per heavy atom. The summed E-state index contributed by atoms with van der Waals surface area (Å²) in [7, 11) is 0. The molecule has 6 atom stereocenters. The number of nitrogen functional groups attached to an aromatic ring is 2. The number of phenolic OH excluding ortho intramolecular Hbond substituents is 1. The van der Waals surface area contributed by atoms with Crippen LogP contribution in [0.2, 0.25) is 0 Å². The number of para-hydroxylation sites is 1. The lowest BCUT2D eigenvalue weighted by Crippen LogP contribution is -2.54. The molecule has 5 saturated heterocycles. The van der Waals surface area contributed by atoms with Gasteiger partial charge in [-0.05, 0) is 99.2 Å². The van der Waals surface area contributed by atoms with Crippen molar-refractivity contribution in [2.24, 2.45) is 11.8 Å². The largest absolute Gasteiger partial charge is 0.507 e. The molecule has 2 unspecified atom stereocenters. The molecule has 4 aromatic heterocycles. The van der Waals surface area contributed by atoms with Gasteiger partial charge in [-0.2, -0.15) is 0 Å². The Morgan fingerprint density at radius 1 is 0.790 bits per heavy atom. The average molecular weight is 1110 g/mol. The average Bonchev–Trinajstić information content (AvgIpc) is 4.30. The number of hydrogen-bond acceptors (Lipinski definition) is 18. The van der Waals surface area contributed by atoms with Gasteiger partial charge >= 0.3 is 0 Å². The van der Waals surface area contributed by atoms with Gasteiger partial charge in [-0.3, -0.25) is 14.2 Å². The number of carbonyl (C=O) groups is 2. The Morgan fingerprint density at radius 2 is 1.54 bits per heavy atom. The van der Waals surface area contributed by atoms with E-state index in [1.54, 1.807) is 29.1 Å². The van der Waals surface area contributed by atoms with Gasteiger partial charge in [-0.15, -0.1) is 10.2 Å². The highest BCUT2D eigenvalue weighted by atomic mass is 16.5. The van der Waals surface area contributed by atoms with Crippen LogP contribution in [-0.2, 0) is 14.3 Å². The fraction of sp³-hybridized carbons (Fsp3) is 0.517. The van der Waals surface area contributed by atoms with Gasteiger partial charge in [-0.25, -0.2) is 9.97 Å². The number of aromatic hydroxyl groups is 1. The van der Waals surface area contributed by atoms with Crippen LogP contribution in [0.5, 0.6) is 11.6 Å². The Balaban J connectivity index is 0.564. The summed E-state index contributed by atoms with van der Waals surface area (Å²) in [6.07, 6.45) is 13.2. The van der Waals surface area contributed by atoms with Gasteiger partial charge in [0, 0.05) is 131 Å². The number of piperidine rings is 2. The zero-order valence-electron chi connectivity index (χ0n) is 46.5. The van der Waals surface area contributed by atoms with E-state index >= 15 is 0 Å². The first-order valence-electron chi connectivity index (χ1n) is 29.1. The summed E-state index contributed by atoms with van der Waals surface area (Å²) in [6, 6.07) is 22.3. The maximum Gasteiger partial charge on any atom is 0.243 e. The summed E-state index contributed by atoms with van der Waals surface area (Å²) in [6.45, 7) is 12.3. The van der Waals surface area contributed by atoms with Gasteiger partial charge < -0.3 is 65.5 Å². The zero-order chi connectivity index (χ0) is 55.9. The topological polar surface area (TPSA) is 256 Å². The number of imidazole rings is 1. The van der Waals surface area contributed by atoms with Crippen LogP contribution in [0.1, 0.15) is 102 Å². The highest BCUT2D eigenvalue weighted by Gasteiger charge is 2.45. The first kappa shape index (κ1) is 54.1. The summed E-state index contributed by atoms with van der Waals surface area (Å²) in [5.41, 5.74) is 17.3. The van der Waals surface area contributed by atoms with Crippen molar-refractivity contribution in [2.45, 2.75) is 133 Å². The second-order valence-corrected chi connectivity index (χ2v) is 23.6. The van der Waals surface area contributed by atoms with E-state index < -0.39 is 18.1 Å². The van der Waals surface area contributed by atoms with E-state index in [0.717, 1.165) is 126 Å². The quantitative estimate of drug-likeness (QED) is 0.0669. The lowest BCUT2D eigenvalue weighted by Gasteiger charge is -2.43. The number of nitrogens with one attached hydrogen (secondary N) is 1. The van der Waals surface area contributed by atoms with Crippen LogP contribution in [0.4, 0.5) is 29.0 Å². The van der Waals surface area contributed by atoms with Crippen molar-refractivity contribution in [2.75, 3.05) is 78.5 Å². The summed E-state index contributed by atoms with van der Waals surface area (Å²) in [5, 5.41) is 37.4. The Bertz CT molecular complexity index is 3140. The molecule has 428 valence electrons. The summed E-state index contributed by atoms with van der Waals surface area (Å²) in [4.78, 5) is 48.1. The molecule has 2 bridgehead atoms. The monoisotopic (exact) mass is 1100 g/mol. The molecule has 21 nitrogen and oxygen atoms in total. The lowest BCUT2D eigenvalue weighted by molar-refractivity contribution is -0.141. The van der Waals surface area contributed by atoms with Gasteiger partial charge in [0.05, 0.1) is 35.7 Å². The Kier molecular flexibility index (Phi) is 15.5. The maximum absolute atomic E-state index is 14.4. The molecule has 0 radical (unpaired) electrons. The van der Waals surface area contributed by atoms with E-state index in [-0.39, 0.29) is 60.8 Å². The van der Waals surface area contributed by atoms with E-state index in [2.05, 4.69) is 62.4 Å². The zero-order valence-corrected chi connectivity index (χ0v) is 46.5. The number of aliphatic hydroxyl groups is 1. The van der Waals surface area contributed by atoms with E-state index in [1.807, 2.05) is 75.5 Å². The predicted molar refractivity (Wildman–Crippen MR) is 307 cm³/mol. The minimum atomic E-state index is -0.823. The number of benzene rings is 2. The number of nitrogens with two attached hydrogens (primary N) is 2. The lowest BCUT2D eigenvalue weighted by atomic mass is 9.91. The molecular weight excluding hydrogens is 1030 g/mol. The molecule has 12 rings (SSSR count). The van der Waals surface area contributed by atoms with Gasteiger partial charge in [0.2, 0.25) is 23.6 Å². The van der Waals surface area contributed by atoms with Gasteiger partial charge in [0.25, 0.3) is 0 Å². The molecule has 6 aromatic rings. The maximum atomic E-state index is 14.4. The molecule has 5 aliphatic heterocycles. The van der Waals surface area contributed by atoms with Crippen molar-refractivity contribution in [1.82, 2.24) is 45.0 Å². The van der Waals surface area contributed by atoms with Gasteiger partial charge in [0.1, 0.15) is 23.8 Å². The molecular formula is C60H76N14O7. The van der Waals surface area contributed by atoms with Crippen LogP contribution < -0.4 is 36.2 Å². The number of rotatable bonds is 17. The van der Waals surface area contributed by atoms with E-state index in [0.29, 0.717) is 52.7 Å². The van der Waals surface area contributed by atoms with Crippen molar-refractivity contribution < 1.29 is 33.8 Å². The number of ether oxygens (including phenoxy) is 2. The molecule has 81 heavy (non-hydrogen) atoms.